The molecule has 0 fully saturated rings. The van der Waals surface area contributed by atoms with Crippen LogP contribution in [0, 0.1) is 0 Å². The van der Waals surface area contributed by atoms with E-state index in [9.17, 15) is 13.2 Å². The van der Waals surface area contributed by atoms with Crippen molar-refractivity contribution in [3.05, 3.63) is 24.3 Å². The monoisotopic (exact) mass is 217 g/mol. The summed E-state index contributed by atoms with van der Waals surface area (Å²) >= 11 is 0. The van der Waals surface area contributed by atoms with Gasteiger partial charge in [0.2, 0.25) is 0 Å². The van der Waals surface area contributed by atoms with Gasteiger partial charge in [-0.2, -0.15) is 8.42 Å². The number of benzene rings is 1. The minimum absolute atomic E-state index is 0.178. The third-order valence-electron chi connectivity index (χ3n) is 1.41. The first kappa shape index (κ1) is 10.5. The second kappa shape index (κ2) is 3.64. The number of rotatable bonds is 2. The molecular formula is C7H7NO5S. The minimum Gasteiger partial charge on any atom is -0.465 e. The van der Waals surface area contributed by atoms with E-state index in [1.54, 1.807) is 0 Å². The van der Waals surface area contributed by atoms with Gasteiger partial charge < -0.3 is 5.11 Å². The van der Waals surface area contributed by atoms with E-state index in [1.165, 1.54) is 18.2 Å². The van der Waals surface area contributed by atoms with Crippen molar-refractivity contribution in [2.24, 2.45) is 0 Å². The molecule has 3 N–H and O–H groups in total. The molecule has 1 aromatic rings. The lowest BCUT2D eigenvalue weighted by Crippen LogP contribution is -2.11. The molecule has 0 atom stereocenters. The molecular weight excluding hydrogens is 210 g/mol. The van der Waals surface area contributed by atoms with Crippen molar-refractivity contribution in [3.63, 3.8) is 0 Å². The number of amides is 1. The van der Waals surface area contributed by atoms with Crippen LogP contribution in [0.2, 0.25) is 0 Å². The maximum atomic E-state index is 10.8. The molecule has 0 aromatic heterocycles. The van der Waals surface area contributed by atoms with Crippen molar-refractivity contribution < 1.29 is 22.9 Å². The van der Waals surface area contributed by atoms with Crippen molar-refractivity contribution in [2.45, 2.75) is 4.90 Å². The SMILES string of the molecule is O=C(O)Nc1ccccc1S(=O)(=O)O. The lowest BCUT2D eigenvalue weighted by molar-refractivity contribution is 0.209. The van der Waals surface area contributed by atoms with Gasteiger partial charge in [0.05, 0.1) is 5.69 Å². The van der Waals surface area contributed by atoms with Crippen LogP contribution in [0.3, 0.4) is 0 Å². The molecule has 1 amide bonds. The van der Waals surface area contributed by atoms with Gasteiger partial charge in [-0.05, 0) is 12.1 Å². The van der Waals surface area contributed by atoms with Gasteiger partial charge in [-0.15, -0.1) is 0 Å². The molecule has 0 bridgehead atoms. The molecule has 0 spiro atoms. The maximum absolute atomic E-state index is 10.8. The second-order valence-corrected chi connectivity index (χ2v) is 3.79. The molecule has 0 saturated heterocycles. The van der Waals surface area contributed by atoms with Gasteiger partial charge in [-0.25, -0.2) is 4.79 Å². The van der Waals surface area contributed by atoms with Gasteiger partial charge in [0.25, 0.3) is 10.1 Å². The van der Waals surface area contributed by atoms with Crippen LogP contribution in [0.4, 0.5) is 10.5 Å². The molecule has 0 saturated carbocycles. The zero-order valence-corrected chi connectivity index (χ0v) is 7.65. The first-order valence-electron chi connectivity index (χ1n) is 3.48. The third kappa shape index (κ3) is 2.44. The van der Waals surface area contributed by atoms with Gasteiger partial charge in [-0.3, -0.25) is 9.87 Å². The Labute approximate surface area is 79.9 Å². The molecule has 76 valence electrons. The van der Waals surface area contributed by atoms with E-state index in [-0.39, 0.29) is 5.69 Å². The molecule has 0 aliphatic carbocycles. The summed E-state index contributed by atoms with van der Waals surface area (Å²) in [5.41, 5.74) is -0.178. The first-order chi connectivity index (χ1) is 6.41. The number of hydrogen-bond acceptors (Lipinski definition) is 3. The molecule has 7 heteroatoms. The predicted octanol–water partition coefficient (Wildman–Crippen LogP) is 1.02. The highest BCUT2D eigenvalue weighted by atomic mass is 32.2. The molecule has 0 radical (unpaired) electrons. The summed E-state index contributed by atoms with van der Waals surface area (Å²) in [5, 5.41) is 10.2. The van der Waals surface area contributed by atoms with Gasteiger partial charge in [0.1, 0.15) is 4.90 Å². The van der Waals surface area contributed by atoms with E-state index in [0.29, 0.717) is 0 Å². The molecule has 14 heavy (non-hydrogen) atoms. The van der Waals surface area contributed by atoms with E-state index >= 15 is 0 Å². The molecule has 0 aliphatic heterocycles. The average Bonchev–Trinajstić information content (AvgIpc) is 2.01. The summed E-state index contributed by atoms with van der Waals surface area (Å²) in [6.07, 6.45) is -1.40. The van der Waals surface area contributed by atoms with Crippen LogP contribution >= 0.6 is 0 Å². The summed E-state index contributed by atoms with van der Waals surface area (Å²) in [5.74, 6) is 0. The number of anilines is 1. The quantitative estimate of drug-likeness (QED) is 0.641. The van der Waals surface area contributed by atoms with E-state index in [2.05, 4.69) is 0 Å². The number of carboxylic acid groups (broad SMARTS) is 1. The molecule has 0 unspecified atom stereocenters. The van der Waals surface area contributed by atoms with Gasteiger partial charge in [0, 0.05) is 0 Å². The molecule has 0 heterocycles. The van der Waals surface area contributed by atoms with E-state index < -0.39 is 21.1 Å². The Balaban J connectivity index is 3.23. The Hall–Kier alpha value is -1.60. The summed E-state index contributed by atoms with van der Waals surface area (Å²) in [7, 11) is -4.40. The van der Waals surface area contributed by atoms with Crippen molar-refractivity contribution in [1.82, 2.24) is 0 Å². The second-order valence-electron chi connectivity index (χ2n) is 2.40. The van der Waals surface area contributed by atoms with Crippen molar-refractivity contribution >= 4 is 21.9 Å². The normalized spacial score (nSPS) is 10.9. The maximum Gasteiger partial charge on any atom is 0.409 e. The van der Waals surface area contributed by atoms with Crippen LogP contribution in [0.1, 0.15) is 0 Å². The highest BCUT2D eigenvalue weighted by molar-refractivity contribution is 7.86. The fraction of sp³-hybridized carbons (Fsp3) is 0. The third-order valence-corrected chi connectivity index (χ3v) is 2.32. The van der Waals surface area contributed by atoms with Crippen LogP contribution < -0.4 is 5.32 Å². The van der Waals surface area contributed by atoms with Gasteiger partial charge in [0.15, 0.2) is 0 Å². The summed E-state index contributed by atoms with van der Waals surface area (Å²) in [6.45, 7) is 0. The lowest BCUT2D eigenvalue weighted by Gasteiger charge is -2.04. The van der Waals surface area contributed by atoms with Gasteiger partial charge in [-0.1, -0.05) is 12.1 Å². The standard InChI is InChI=1S/C7H7NO5S/c9-7(10)8-5-3-1-2-4-6(5)14(11,12)13/h1-4,8H,(H,9,10)(H,11,12,13). The largest absolute Gasteiger partial charge is 0.465 e. The Bertz CT molecular complexity index is 453. The highest BCUT2D eigenvalue weighted by Crippen LogP contribution is 2.19. The average molecular weight is 217 g/mol. The van der Waals surface area contributed by atoms with E-state index in [0.717, 1.165) is 6.07 Å². The number of nitrogens with one attached hydrogen (secondary N) is 1. The highest BCUT2D eigenvalue weighted by Gasteiger charge is 2.15. The minimum atomic E-state index is -4.40. The molecule has 1 rings (SSSR count). The Morgan fingerprint density at radius 2 is 1.86 bits per heavy atom. The smallest absolute Gasteiger partial charge is 0.409 e. The summed E-state index contributed by atoms with van der Waals surface area (Å²) < 4.78 is 30.2. The van der Waals surface area contributed by atoms with Crippen molar-refractivity contribution in [3.8, 4) is 0 Å². The number of para-hydroxylation sites is 1. The topological polar surface area (TPSA) is 104 Å². The van der Waals surface area contributed by atoms with Gasteiger partial charge >= 0.3 is 6.09 Å². The van der Waals surface area contributed by atoms with Crippen LogP contribution in [-0.4, -0.2) is 24.2 Å². The fourth-order valence-electron chi connectivity index (χ4n) is 0.910. The van der Waals surface area contributed by atoms with Crippen LogP contribution in [0.25, 0.3) is 0 Å². The van der Waals surface area contributed by atoms with Crippen molar-refractivity contribution in [2.75, 3.05) is 5.32 Å². The Morgan fingerprint density at radius 1 is 1.29 bits per heavy atom. The Kier molecular flexibility index (Phi) is 2.73. The van der Waals surface area contributed by atoms with E-state index in [1.807, 2.05) is 5.32 Å². The first-order valence-corrected chi connectivity index (χ1v) is 4.92. The van der Waals surface area contributed by atoms with Crippen LogP contribution in [0.15, 0.2) is 29.2 Å². The summed E-state index contributed by atoms with van der Waals surface area (Å²) in [4.78, 5) is 9.79. The molecule has 6 nitrogen and oxygen atoms in total. The summed E-state index contributed by atoms with van der Waals surface area (Å²) in [6, 6.07) is 5.15. The number of hydrogen-bond donors (Lipinski definition) is 3. The van der Waals surface area contributed by atoms with Crippen LogP contribution in [-0.2, 0) is 10.1 Å². The van der Waals surface area contributed by atoms with Crippen LogP contribution in [0.5, 0.6) is 0 Å². The Morgan fingerprint density at radius 3 is 2.36 bits per heavy atom. The molecule has 0 aliphatic rings. The van der Waals surface area contributed by atoms with E-state index in [4.69, 9.17) is 9.66 Å². The van der Waals surface area contributed by atoms with Crippen molar-refractivity contribution in [1.29, 1.82) is 0 Å². The zero-order chi connectivity index (χ0) is 10.8. The lowest BCUT2D eigenvalue weighted by atomic mass is 10.3. The fourth-order valence-corrected chi connectivity index (χ4v) is 1.56. The molecule has 1 aromatic carbocycles. The number of carbonyl (C=O) groups is 1. The zero-order valence-electron chi connectivity index (χ0n) is 6.84. The predicted molar refractivity (Wildman–Crippen MR) is 47.9 cm³/mol.